The lowest BCUT2D eigenvalue weighted by Crippen LogP contribution is -2.08. The number of nitrogens with zero attached hydrogens (tertiary/aromatic N) is 3. The van der Waals surface area contributed by atoms with Crippen LogP contribution in [0, 0.1) is 10.1 Å². The van der Waals surface area contributed by atoms with Crippen LogP contribution >= 0.6 is 0 Å². The van der Waals surface area contributed by atoms with Crippen LogP contribution in [0.4, 0.5) is 17.1 Å². The summed E-state index contributed by atoms with van der Waals surface area (Å²) in [5.41, 5.74) is 5.95. The lowest BCUT2D eigenvalue weighted by atomic mass is 10.2. The Kier molecular flexibility index (Phi) is 3.37. The van der Waals surface area contributed by atoms with E-state index in [2.05, 4.69) is 20.0 Å². The third kappa shape index (κ3) is 2.54. The van der Waals surface area contributed by atoms with Crippen LogP contribution in [0.25, 0.3) is 0 Å². The second-order valence-corrected chi connectivity index (χ2v) is 3.52. The quantitative estimate of drug-likeness (QED) is 0.464. The van der Waals surface area contributed by atoms with E-state index < -0.39 is 4.92 Å². The predicted molar refractivity (Wildman–Crippen MR) is 64.0 cm³/mol. The monoisotopic (exact) mass is 249 g/mol. The Hall–Kier alpha value is -2.64. The van der Waals surface area contributed by atoms with Crippen molar-refractivity contribution in [3.8, 4) is 0 Å². The smallest absolute Gasteiger partial charge is 0.314 e. The summed E-state index contributed by atoms with van der Waals surface area (Å²) in [6.07, 6.45) is 1.74. The SMILES string of the molecule is Nc1cccc(NCCc2ncon2)c1[N+](=O)[O-]. The zero-order valence-corrected chi connectivity index (χ0v) is 9.37. The molecule has 0 aliphatic carbocycles. The molecule has 8 heteroatoms. The molecular formula is C10H11N5O3. The largest absolute Gasteiger partial charge is 0.393 e. The van der Waals surface area contributed by atoms with E-state index in [1.807, 2.05) is 0 Å². The van der Waals surface area contributed by atoms with E-state index in [9.17, 15) is 10.1 Å². The molecule has 0 aliphatic rings. The first-order chi connectivity index (χ1) is 8.68. The van der Waals surface area contributed by atoms with Gasteiger partial charge in [-0.25, -0.2) is 0 Å². The van der Waals surface area contributed by atoms with Gasteiger partial charge in [0.2, 0.25) is 6.39 Å². The first-order valence-corrected chi connectivity index (χ1v) is 5.20. The van der Waals surface area contributed by atoms with Crippen LogP contribution in [0.3, 0.4) is 0 Å². The summed E-state index contributed by atoms with van der Waals surface area (Å²) in [7, 11) is 0. The van der Waals surface area contributed by atoms with Gasteiger partial charge in [0.15, 0.2) is 5.82 Å². The van der Waals surface area contributed by atoms with Crippen molar-refractivity contribution in [2.45, 2.75) is 6.42 Å². The van der Waals surface area contributed by atoms with Gasteiger partial charge in [-0.1, -0.05) is 11.2 Å². The number of nitro benzene ring substituents is 1. The van der Waals surface area contributed by atoms with Gasteiger partial charge < -0.3 is 15.6 Å². The Bertz CT molecular complexity index is 540. The first kappa shape index (κ1) is 11.8. The minimum Gasteiger partial charge on any atom is -0.393 e. The molecule has 0 radical (unpaired) electrons. The molecule has 0 saturated carbocycles. The number of nitrogens with one attached hydrogen (secondary N) is 1. The van der Waals surface area contributed by atoms with Crippen LogP contribution in [-0.2, 0) is 6.42 Å². The van der Waals surface area contributed by atoms with Gasteiger partial charge in [-0.3, -0.25) is 10.1 Å². The van der Waals surface area contributed by atoms with E-state index in [1.165, 1.54) is 12.5 Å². The lowest BCUT2D eigenvalue weighted by molar-refractivity contribution is -0.383. The van der Waals surface area contributed by atoms with E-state index in [0.29, 0.717) is 24.5 Å². The number of para-hydroxylation sites is 1. The summed E-state index contributed by atoms with van der Waals surface area (Å²) in [6, 6.07) is 4.74. The average Bonchev–Trinajstić information content (AvgIpc) is 2.81. The molecule has 0 saturated heterocycles. The lowest BCUT2D eigenvalue weighted by Gasteiger charge is -2.06. The van der Waals surface area contributed by atoms with Gasteiger partial charge in [-0.05, 0) is 12.1 Å². The summed E-state index contributed by atoms with van der Waals surface area (Å²) in [5.74, 6) is 0.536. The van der Waals surface area contributed by atoms with Gasteiger partial charge >= 0.3 is 5.69 Å². The molecule has 1 aromatic heterocycles. The summed E-state index contributed by atoms with van der Waals surface area (Å²) in [5, 5.41) is 17.4. The molecule has 0 bridgehead atoms. The molecule has 8 nitrogen and oxygen atoms in total. The molecule has 1 heterocycles. The Morgan fingerprint density at radius 3 is 3.00 bits per heavy atom. The summed E-state index contributed by atoms with van der Waals surface area (Å²) in [6.45, 7) is 0.448. The Morgan fingerprint density at radius 2 is 2.33 bits per heavy atom. The van der Waals surface area contributed by atoms with Crippen LogP contribution in [0.15, 0.2) is 29.1 Å². The molecule has 0 aliphatic heterocycles. The summed E-state index contributed by atoms with van der Waals surface area (Å²) >= 11 is 0. The molecule has 3 N–H and O–H groups in total. The zero-order chi connectivity index (χ0) is 13.0. The standard InChI is InChI=1S/C10H11N5O3/c11-7-2-1-3-8(10(7)15(16)17)12-5-4-9-13-6-18-14-9/h1-3,6,12H,4-5,11H2. The molecule has 0 spiro atoms. The highest BCUT2D eigenvalue weighted by Crippen LogP contribution is 2.30. The Balaban J connectivity index is 2.05. The van der Waals surface area contributed by atoms with Gasteiger partial charge in [-0.2, -0.15) is 4.98 Å². The average molecular weight is 249 g/mol. The van der Waals surface area contributed by atoms with E-state index in [-0.39, 0.29) is 11.4 Å². The molecule has 0 amide bonds. The van der Waals surface area contributed by atoms with Crippen LogP contribution in [-0.4, -0.2) is 21.6 Å². The fraction of sp³-hybridized carbons (Fsp3) is 0.200. The van der Waals surface area contributed by atoms with E-state index in [0.717, 1.165) is 0 Å². The van der Waals surface area contributed by atoms with E-state index in [1.54, 1.807) is 12.1 Å². The minimum absolute atomic E-state index is 0.120. The third-order valence-electron chi connectivity index (χ3n) is 2.32. The van der Waals surface area contributed by atoms with E-state index in [4.69, 9.17) is 5.73 Å². The predicted octanol–water partition coefficient (Wildman–Crippen LogP) is 1.21. The number of aromatic nitrogens is 2. The highest BCUT2D eigenvalue weighted by molar-refractivity contribution is 5.74. The molecule has 2 aromatic rings. The van der Waals surface area contributed by atoms with Crippen molar-refractivity contribution in [3.63, 3.8) is 0 Å². The maximum atomic E-state index is 10.9. The number of nitrogen functional groups attached to an aromatic ring is 1. The molecule has 0 fully saturated rings. The summed E-state index contributed by atoms with van der Waals surface area (Å²) < 4.78 is 4.58. The van der Waals surface area contributed by atoms with Gasteiger partial charge in [0.05, 0.1) is 4.92 Å². The molecule has 2 rings (SSSR count). The highest BCUT2D eigenvalue weighted by atomic mass is 16.6. The summed E-state index contributed by atoms with van der Waals surface area (Å²) in [4.78, 5) is 14.2. The van der Waals surface area contributed by atoms with Gasteiger partial charge in [0.25, 0.3) is 0 Å². The molecule has 94 valence electrons. The molecule has 1 aromatic carbocycles. The van der Waals surface area contributed by atoms with Crippen molar-refractivity contribution in [3.05, 3.63) is 40.5 Å². The molecule has 0 unspecified atom stereocenters. The number of hydrogen-bond donors (Lipinski definition) is 2. The van der Waals surface area contributed by atoms with Crippen molar-refractivity contribution in [1.82, 2.24) is 10.1 Å². The van der Waals surface area contributed by atoms with Crippen molar-refractivity contribution in [1.29, 1.82) is 0 Å². The fourth-order valence-corrected chi connectivity index (χ4v) is 1.52. The number of anilines is 2. The number of nitro groups is 1. The first-order valence-electron chi connectivity index (χ1n) is 5.20. The van der Waals surface area contributed by atoms with Gasteiger partial charge in [0.1, 0.15) is 11.4 Å². The number of nitrogens with two attached hydrogens (primary N) is 1. The minimum atomic E-state index is -0.508. The van der Waals surface area contributed by atoms with Crippen molar-refractivity contribution in [2.24, 2.45) is 0 Å². The van der Waals surface area contributed by atoms with Crippen molar-refractivity contribution in [2.75, 3.05) is 17.6 Å². The molecular weight excluding hydrogens is 238 g/mol. The topological polar surface area (TPSA) is 120 Å². The number of rotatable bonds is 5. The van der Waals surface area contributed by atoms with Crippen molar-refractivity contribution >= 4 is 17.1 Å². The maximum absolute atomic E-state index is 10.9. The Labute approximate surface area is 102 Å². The Morgan fingerprint density at radius 1 is 1.50 bits per heavy atom. The van der Waals surface area contributed by atoms with Gasteiger partial charge in [-0.15, -0.1) is 0 Å². The second-order valence-electron chi connectivity index (χ2n) is 3.52. The number of hydrogen-bond acceptors (Lipinski definition) is 7. The zero-order valence-electron chi connectivity index (χ0n) is 9.37. The van der Waals surface area contributed by atoms with Crippen LogP contribution in [0.5, 0.6) is 0 Å². The van der Waals surface area contributed by atoms with Crippen LogP contribution in [0.2, 0.25) is 0 Å². The van der Waals surface area contributed by atoms with Crippen LogP contribution in [0.1, 0.15) is 5.82 Å². The van der Waals surface area contributed by atoms with Gasteiger partial charge in [0, 0.05) is 13.0 Å². The maximum Gasteiger partial charge on any atom is 0.314 e. The van der Waals surface area contributed by atoms with Crippen LogP contribution < -0.4 is 11.1 Å². The second kappa shape index (κ2) is 5.13. The number of benzene rings is 1. The highest BCUT2D eigenvalue weighted by Gasteiger charge is 2.17. The fourth-order valence-electron chi connectivity index (χ4n) is 1.52. The molecule has 18 heavy (non-hydrogen) atoms. The van der Waals surface area contributed by atoms with E-state index >= 15 is 0 Å². The normalized spacial score (nSPS) is 10.2. The van der Waals surface area contributed by atoms with Crippen molar-refractivity contribution < 1.29 is 9.45 Å². The molecule has 0 atom stereocenters. The third-order valence-corrected chi connectivity index (χ3v) is 2.32.